The van der Waals surface area contributed by atoms with Gasteiger partial charge in [0.25, 0.3) is 0 Å². The molecule has 0 aliphatic carbocycles. The van der Waals surface area contributed by atoms with E-state index >= 15 is 0 Å². The predicted molar refractivity (Wildman–Crippen MR) is 61.2 cm³/mol. The summed E-state index contributed by atoms with van der Waals surface area (Å²) in [4.78, 5) is 0. The highest BCUT2D eigenvalue weighted by molar-refractivity contribution is 7.99. The standard InChI is InChI=1S/C10H20N2S/c1-9(2)7-12-10(8-11)3-5-13-6-4-10/h12H,1,3-8,11H2,2H3. The summed E-state index contributed by atoms with van der Waals surface area (Å²) < 4.78 is 0. The Kier molecular flexibility index (Phi) is 4.29. The van der Waals surface area contributed by atoms with Crippen LogP contribution in [0.3, 0.4) is 0 Å². The number of hydrogen-bond acceptors (Lipinski definition) is 3. The molecule has 0 unspecified atom stereocenters. The van der Waals surface area contributed by atoms with Gasteiger partial charge in [0.1, 0.15) is 0 Å². The average molecular weight is 200 g/mol. The van der Waals surface area contributed by atoms with Crippen molar-refractivity contribution >= 4 is 11.8 Å². The van der Waals surface area contributed by atoms with Crippen molar-refractivity contribution in [3.05, 3.63) is 12.2 Å². The smallest absolute Gasteiger partial charge is 0.0322 e. The van der Waals surface area contributed by atoms with Crippen LogP contribution in [-0.4, -0.2) is 30.1 Å². The van der Waals surface area contributed by atoms with Crippen LogP contribution >= 0.6 is 11.8 Å². The fraction of sp³-hybridized carbons (Fsp3) is 0.800. The van der Waals surface area contributed by atoms with E-state index in [9.17, 15) is 0 Å². The molecule has 0 atom stereocenters. The van der Waals surface area contributed by atoms with Crippen molar-refractivity contribution in [3.63, 3.8) is 0 Å². The summed E-state index contributed by atoms with van der Waals surface area (Å²) in [6.07, 6.45) is 2.39. The maximum atomic E-state index is 5.82. The highest BCUT2D eigenvalue weighted by Gasteiger charge is 2.29. The van der Waals surface area contributed by atoms with Crippen LogP contribution in [0.15, 0.2) is 12.2 Å². The summed E-state index contributed by atoms with van der Waals surface area (Å²) in [6, 6.07) is 0. The minimum Gasteiger partial charge on any atom is -0.329 e. The summed E-state index contributed by atoms with van der Waals surface area (Å²) >= 11 is 2.03. The molecule has 1 aliphatic rings. The summed E-state index contributed by atoms with van der Waals surface area (Å²) in [5.41, 5.74) is 7.21. The molecule has 0 aromatic heterocycles. The molecule has 3 heteroatoms. The SMILES string of the molecule is C=C(C)CNC1(CN)CCSCC1. The minimum absolute atomic E-state index is 0.199. The molecule has 2 nitrogen and oxygen atoms in total. The molecule has 0 aromatic rings. The van der Waals surface area contributed by atoms with E-state index in [1.165, 1.54) is 29.9 Å². The minimum atomic E-state index is 0.199. The van der Waals surface area contributed by atoms with Gasteiger partial charge in [0.2, 0.25) is 0 Å². The van der Waals surface area contributed by atoms with Crippen molar-refractivity contribution in [2.45, 2.75) is 25.3 Å². The van der Waals surface area contributed by atoms with Crippen molar-refractivity contribution < 1.29 is 0 Å². The first kappa shape index (κ1) is 11.1. The fourth-order valence-corrected chi connectivity index (χ4v) is 2.83. The van der Waals surface area contributed by atoms with Gasteiger partial charge in [-0.3, -0.25) is 0 Å². The van der Waals surface area contributed by atoms with E-state index < -0.39 is 0 Å². The molecule has 1 heterocycles. The molecular weight excluding hydrogens is 180 g/mol. The lowest BCUT2D eigenvalue weighted by molar-refractivity contribution is 0.319. The summed E-state index contributed by atoms with van der Waals surface area (Å²) in [5, 5.41) is 3.55. The van der Waals surface area contributed by atoms with E-state index in [-0.39, 0.29) is 5.54 Å². The molecule has 0 saturated carbocycles. The molecule has 0 radical (unpaired) electrons. The van der Waals surface area contributed by atoms with Gasteiger partial charge in [-0.2, -0.15) is 11.8 Å². The van der Waals surface area contributed by atoms with Crippen LogP contribution in [0.2, 0.25) is 0 Å². The monoisotopic (exact) mass is 200 g/mol. The Morgan fingerprint density at radius 1 is 1.54 bits per heavy atom. The van der Waals surface area contributed by atoms with Crippen LogP contribution in [0.5, 0.6) is 0 Å². The fourth-order valence-electron chi connectivity index (χ4n) is 1.55. The van der Waals surface area contributed by atoms with E-state index in [2.05, 4.69) is 18.8 Å². The van der Waals surface area contributed by atoms with Crippen molar-refractivity contribution in [2.24, 2.45) is 5.73 Å². The summed E-state index contributed by atoms with van der Waals surface area (Å²) in [7, 11) is 0. The predicted octanol–water partition coefficient (Wildman–Crippen LogP) is 1.38. The van der Waals surface area contributed by atoms with Gasteiger partial charge in [0, 0.05) is 18.6 Å². The Morgan fingerprint density at radius 3 is 2.62 bits per heavy atom. The van der Waals surface area contributed by atoms with Crippen LogP contribution in [-0.2, 0) is 0 Å². The average Bonchev–Trinajstić information content (AvgIpc) is 2.16. The van der Waals surface area contributed by atoms with E-state index in [0.29, 0.717) is 0 Å². The Morgan fingerprint density at radius 2 is 2.15 bits per heavy atom. The second-order valence-corrected chi connectivity index (χ2v) is 5.13. The second kappa shape index (κ2) is 5.03. The maximum Gasteiger partial charge on any atom is 0.0322 e. The number of rotatable bonds is 4. The van der Waals surface area contributed by atoms with Crippen molar-refractivity contribution in [1.82, 2.24) is 5.32 Å². The van der Waals surface area contributed by atoms with E-state index in [4.69, 9.17) is 5.73 Å². The molecule has 1 fully saturated rings. The van der Waals surface area contributed by atoms with Crippen molar-refractivity contribution in [1.29, 1.82) is 0 Å². The summed E-state index contributed by atoms with van der Waals surface area (Å²) in [5.74, 6) is 2.47. The quantitative estimate of drug-likeness (QED) is 0.673. The van der Waals surface area contributed by atoms with Crippen molar-refractivity contribution in [2.75, 3.05) is 24.6 Å². The van der Waals surface area contributed by atoms with Crippen LogP contribution in [0.25, 0.3) is 0 Å². The van der Waals surface area contributed by atoms with E-state index in [1.54, 1.807) is 0 Å². The lowest BCUT2D eigenvalue weighted by Gasteiger charge is -2.37. The third kappa shape index (κ3) is 3.33. The van der Waals surface area contributed by atoms with E-state index in [0.717, 1.165) is 13.1 Å². The zero-order valence-corrected chi connectivity index (χ0v) is 9.25. The van der Waals surface area contributed by atoms with Gasteiger partial charge < -0.3 is 11.1 Å². The maximum absolute atomic E-state index is 5.82. The lowest BCUT2D eigenvalue weighted by Crippen LogP contribution is -2.53. The van der Waals surface area contributed by atoms with Gasteiger partial charge in [0.15, 0.2) is 0 Å². The van der Waals surface area contributed by atoms with Gasteiger partial charge in [-0.15, -0.1) is 0 Å². The van der Waals surface area contributed by atoms with Gasteiger partial charge in [-0.25, -0.2) is 0 Å². The second-order valence-electron chi connectivity index (χ2n) is 3.91. The summed E-state index contributed by atoms with van der Waals surface area (Å²) in [6.45, 7) is 7.60. The van der Waals surface area contributed by atoms with Gasteiger partial charge in [-0.1, -0.05) is 12.2 Å². The molecule has 1 rings (SSSR count). The Balaban J connectivity index is 2.42. The molecule has 13 heavy (non-hydrogen) atoms. The largest absolute Gasteiger partial charge is 0.329 e. The first-order valence-electron chi connectivity index (χ1n) is 4.86. The molecule has 0 aromatic carbocycles. The molecule has 0 spiro atoms. The van der Waals surface area contributed by atoms with Gasteiger partial charge in [0.05, 0.1) is 0 Å². The zero-order valence-electron chi connectivity index (χ0n) is 8.44. The van der Waals surface area contributed by atoms with E-state index in [1.807, 2.05) is 11.8 Å². The zero-order chi connectivity index (χ0) is 9.73. The number of hydrogen-bond donors (Lipinski definition) is 2. The molecule has 0 bridgehead atoms. The van der Waals surface area contributed by atoms with Gasteiger partial charge >= 0.3 is 0 Å². The Labute approximate surface area is 85.3 Å². The number of nitrogens with one attached hydrogen (secondary N) is 1. The Hall–Kier alpha value is 0.0100. The highest BCUT2D eigenvalue weighted by Crippen LogP contribution is 2.26. The highest BCUT2D eigenvalue weighted by atomic mass is 32.2. The first-order valence-corrected chi connectivity index (χ1v) is 6.01. The number of nitrogens with two attached hydrogens (primary N) is 1. The third-order valence-electron chi connectivity index (χ3n) is 2.61. The van der Waals surface area contributed by atoms with Crippen LogP contribution in [0, 0.1) is 0 Å². The molecule has 76 valence electrons. The van der Waals surface area contributed by atoms with Gasteiger partial charge in [-0.05, 0) is 31.3 Å². The molecule has 3 N–H and O–H groups in total. The molecular formula is C10H20N2S. The molecule has 0 amide bonds. The van der Waals surface area contributed by atoms with Crippen LogP contribution < -0.4 is 11.1 Å². The van der Waals surface area contributed by atoms with Crippen LogP contribution in [0.4, 0.5) is 0 Å². The molecule has 1 aliphatic heterocycles. The van der Waals surface area contributed by atoms with Crippen LogP contribution in [0.1, 0.15) is 19.8 Å². The normalized spacial score (nSPS) is 21.4. The van der Waals surface area contributed by atoms with Crippen molar-refractivity contribution in [3.8, 4) is 0 Å². The Bertz CT molecular complexity index is 174. The third-order valence-corrected chi connectivity index (χ3v) is 3.59. The number of thioether (sulfide) groups is 1. The lowest BCUT2D eigenvalue weighted by atomic mass is 9.92. The molecule has 1 saturated heterocycles. The topological polar surface area (TPSA) is 38.0 Å². The first-order chi connectivity index (χ1) is 6.18.